The van der Waals surface area contributed by atoms with Gasteiger partial charge in [0.25, 0.3) is 0 Å². The summed E-state index contributed by atoms with van der Waals surface area (Å²) in [5.41, 5.74) is 0. The van der Waals surface area contributed by atoms with Crippen molar-refractivity contribution in [1.29, 1.82) is 0 Å². The molecule has 0 aliphatic carbocycles. The van der Waals surface area contributed by atoms with E-state index in [0.717, 1.165) is 0 Å². The zero-order valence-corrected chi connectivity index (χ0v) is 4.78. The molecule has 1 atom stereocenters. The van der Waals surface area contributed by atoms with Crippen LogP contribution in [-0.4, -0.2) is 47.5 Å². The Morgan fingerprint density at radius 2 is 1.71 bits per heavy atom. The molecule has 7 heavy (non-hydrogen) atoms. The topological polar surface area (TPSA) is 66.8 Å². The van der Waals surface area contributed by atoms with Crippen molar-refractivity contribution in [1.82, 2.24) is 0 Å². The second-order valence-corrected chi connectivity index (χ2v) is 2.42. The van der Waals surface area contributed by atoms with Crippen LogP contribution in [0.5, 0.6) is 0 Å². The fourth-order valence-electron chi connectivity index (χ4n) is 0. The van der Waals surface area contributed by atoms with E-state index in [2.05, 4.69) is 4.31 Å². The quantitative estimate of drug-likeness (QED) is 0.392. The molecule has 0 spiro atoms. The van der Waals surface area contributed by atoms with Crippen LogP contribution in [0.2, 0.25) is 0 Å². The molecule has 42 valence electrons. The van der Waals surface area contributed by atoms with Gasteiger partial charge in [0.15, 0.2) is 0 Å². The van der Waals surface area contributed by atoms with Gasteiger partial charge in [-0.1, -0.05) is 0 Å². The molecule has 0 aromatic rings. The average Bonchev–Trinajstić information content (AvgIpc) is 1.35. The molecular formula is H6CaO4P2. The second kappa shape index (κ2) is 4.66. The molecule has 4 nitrogen and oxygen atoms in total. The molecule has 0 aromatic carbocycles. The van der Waals surface area contributed by atoms with Crippen LogP contribution in [0.4, 0.5) is 0 Å². The van der Waals surface area contributed by atoms with Crippen molar-refractivity contribution in [2.75, 3.05) is 0 Å². The van der Waals surface area contributed by atoms with Crippen LogP contribution < -0.4 is 0 Å². The molecule has 0 radical (unpaired) electrons. The summed E-state index contributed by atoms with van der Waals surface area (Å²) in [7, 11) is -2.72. The van der Waals surface area contributed by atoms with Crippen LogP contribution in [0.25, 0.3) is 0 Å². The van der Waals surface area contributed by atoms with E-state index < -0.39 is 7.82 Å². The van der Waals surface area contributed by atoms with Crippen molar-refractivity contribution in [2.45, 2.75) is 0 Å². The summed E-state index contributed by atoms with van der Waals surface area (Å²) in [6.45, 7) is 0. The number of hydrogen-bond donors (Lipinski definition) is 2. The Bertz CT molecular complexity index is 73.8. The summed E-state index contributed by atoms with van der Waals surface area (Å²) in [6.07, 6.45) is 0. The van der Waals surface area contributed by atoms with Crippen molar-refractivity contribution in [3.63, 3.8) is 0 Å². The summed E-state index contributed by atoms with van der Waals surface area (Å²) in [5, 5.41) is 0. The van der Waals surface area contributed by atoms with Crippen molar-refractivity contribution in [2.24, 2.45) is 0 Å². The number of hydrogen-bond acceptors (Lipinski definition) is 2. The first-order valence-corrected chi connectivity index (χ1v) is 3.00. The van der Waals surface area contributed by atoms with E-state index in [1.165, 1.54) is 9.47 Å². The molecule has 0 aromatic heterocycles. The Hall–Kier alpha value is 1.80. The predicted molar refractivity (Wildman–Crippen MR) is 31.4 cm³/mol. The normalized spacial score (nSPS) is 10.1. The van der Waals surface area contributed by atoms with Gasteiger partial charge in [0.1, 0.15) is 0 Å². The summed E-state index contributed by atoms with van der Waals surface area (Å²) in [4.78, 5) is 15.4. The molecule has 0 fully saturated rings. The van der Waals surface area contributed by atoms with Gasteiger partial charge < -0.3 is 9.79 Å². The van der Waals surface area contributed by atoms with E-state index in [-0.39, 0.29) is 37.7 Å². The maximum absolute atomic E-state index is 9.45. The average molecular weight is 172 g/mol. The monoisotopic (exact) mass is 172 g/mol. The van der Waals surface area contributed by atoms with Gasteiger partial charge in [0, 0.05) is 9.47 Å². The third kappa shape index (κ3) is 11.4. The van der Waals surface area contributed by atoms with Crippen LogP contribution in [-0.2, 0) is 8.88 Å². The van der Waals surface area contributed by atoms with Gasteiger partial charge in [-0.15, -0.1) is 0 Å². The van der Waals surface area contributed by atoms with Gasteiger partial charge in [0.05, 0.1) is 0 Å². The number of rotatable bonds is 1. The van der Waals surface area contributed by atoms with Gasteiger partial charge >= 0.3 is 45.6 Å². The van der Waals surface area contributed by atoms with E-state index in [1.807, 2.05) is 0 Å². The van der Waals surface area contributed by atoms with E-state index in [0.29, 0.717) is 0 Å². The third-order valence-corrected chi connectivity index (χ3v) is 1.24. The molecular weight excluding hydrogens is 166 g/mol. The Morgan fingerprint density at radius 1 is 1.57 bits per heavy atom. The van der Waals surface area contributed by atoms with Crippen molar-refractivity contribution >= 4 is 55.0 Å². The molecule has 0 saturated heterocycles. The third-order valence-electron chi connectivity index (χ3n) is 0.137. The van der Waals surface area contributed by atoms with E-state index in [9.17, 15) is 4.57 Å². The van der Waals surface area contributed by atoms with Gasteiger partial charge in [-0.05, 0) is 0 Å². The molecule has 0 bridgehead atoms. The van der Waals surface area contributed by atoms with E-state index in [1.54, 1.807) is 0 Å². The molecule has 1 unspecified atom stereocenters. The standard InChI is InChI=1S/Ca.H4O4P2.2H/c;1-6(2,3)4-5;;/h;5H2,(H2,1,2,3);;. The van der Waals surface area contributed by atoms with Crippen molar-refractivity contribution in [3.8, 4) is 0 Å². The van der Waals surface area contributed by atoms with Crippen molar-refractivity contribution in [3.05, 3.63) is 0 Å². The Labute approximate surface area is 73.2 Å². The first-order valence-electron chi connectivity index (χ1n) is 1.00. The van der Waals surface area contributed by atoms with Crippen LogP contribution >= 0.6 is 17.3 Å². The van der Waals surface area contributed by atoms with Gasteiger partial charge in [0.2, 0.25) is 0 Å². The molecule has 0 aliphatic rings. The summed E-state index contributed by atoms with van der Waals surface area (Å²) in [5.74, 6) is 0. The molecule has 0 saturated carbocycles. The Morgan fingerprint density at radius 3 is 1.71 bits per heavy atom. The van der Waals surface area contributed by atoms with Crippen LogP contribution in [0, 0.1) is 0 Å². The number of phosphoric acid groups is 1. The predicted octanol–water partition coefficient (Wildman–Crippen LogP) is -1.03. The zero-order chi connectivity index (χ0) is 5.21. The fourth-order valence-corrected chi connectivity index (χ4v) is 0. The first kappa shape index (κ1) is 11.6. The van der Waals surface area contributed by atoms with Crippen molar-refractivity contribution < 1.29 is 18.7 Å². The molecule has 0 rings (SSSR count). The molecule has 0 amide bonds. The van der Waals surface area contributed by atoms with Gasteiger partial charge in [-0.2, -0.15) is 0 Å². The van der Waals surface area contributed by atoms with E-state index >= 15 is 0 Å². The molecule has 7 heteroatoms. The SMILES string of the molecule is O=P(O)(O)OP.[CaH2]. The van der Waals surface area contributed by atoms with Crippen LogP contribution in [0.3, 0.4) is 0 Å². The maximum atomic E-state index is 9.45. The van der Waals surface area contributed by atoms with Gasteiger partial charge in [-0.25, -0.2) is 4.57 Å². The summed E-state index contributed by atoms with van der Waals surface area (Å²) < 4.78 is 13.0. The Balaban J connectivity index is 0. The van der Waals surface area contributed by atoms with Crippen LogP contribution in [0.1, 0.15) is 0 Å². The first-order chi connectivity index (χ1) is 2.56. The molecule has 0 aliphatic heterocycles. The minimum atomic E-state index is -4.18. The van der Waals surface area contributed by atoms with E-state index in [4.69, 9.17) is 9.79 Å². The fraction of sp³-hybridized carbons (Fsp3) is 0. The molecule has 0 heterocycles. The Kier molecular flexibility index (Phi) is 7.70. The minimum absolute atomic E-state index is 0. The zero-order valence-electron chi connectivity index (χ0n) is 2.74. The summed E-state index contributed by atoms with van der Waals surface area (Å²) in [6, 6.07) is 0. The molecule has 2 N–H and O–H groups in total. The second-order valence-electron chi connectivity index (χ2n) is 0.596. The van der Waals surface area contributed by atoms with Crippen LogP contribution in [0.15, 0.2) is 0 Å². The summed E-state index contributed by atoms with van der Waals surface area (Å²) >= 11 is 0. The van der Waals surface area contributed by atoms with Gasteiger partial charge in [-0.3, -0.25) is 4.31 Å².